The van der Waals surface area contributed by atoms with Crippen molar-refractivity contribution in [3.8, 4) is 56.3 Å². The summed E-state index contributed by atoms with van der Waals surface area (Å²) >= 11 is 0. The Morgan fingerprint density at radius 3 is 1.79 bits per heavy atom. The van der Waals surface area contributed by atoms with Gasteiger partial charge in [0.05, 0.1) is 22.3 Å². The van der Waals surface area contributed by atoms with Gasteiger partial charge in [-0.25, -0.2) is 4.98 Å². The Morgan fingerprint density at radius 1 is 0.535 bits per heavy atom. The molecule has 71 heavy (non-hydrogen) atoms. The maximum atomic E-state index is 12.7. The minimum Gasteiger partial charge on any atom is -0.507 e. The van der Waals surface area contributed by atoms with Gasteiger partial charge in [0.15, 0.2) is 0 Å². The van der Waals surface area contributed by atoms with Gasteiger partial charge in [0.1, 0.15) is 11.6 Å². The van der Waals surface area contributed by atoms with Gasteiger partial charge in [-0.15, -0.1) is 29.3 Å². The van der Waals surface area contributed by atoms with E-state index in [1.54, 1.807) is 0 Å². The van der Waals surface area contributed by atoms with Gasteiger partial charge in [-0.3, -0.25) is 9.55 Å². The van der Waals surface area contributed by atoms with Crippen molar-refractivity contribution < 1.29 is 26.2 Å². The monoisotopic (exact) mass is 1120 g/mol. The molecule has 0 aliphatic heterocycles. The zero-order chi connectivity index (χ0) is 50.0. The number of hydrogen-bond donors (Lipinski definition) is 1. The van der Waals surface area contributed by atoms with Gasteiger partial charge in [-0.1, -0.05) is 217 Å². The second-order valence-corrected chi connectivity index (χ2v) is 23.3. The topological polar surface area (TPSA) is 50.9 Å². The van der Waals surface area contributed by atoms with Crippen LogP contribution in [0.25, 0.3) is 72.4 Å². The van der Waals surface area contributed by atoms with Gasteiger partial charge in [-0.05, 0) is 102 Å². The third-order valence-corrected chi connectivity index (χ3v) is 14.3. The third-order valence-electron chi connectivity index (χ3n) is 14.3. The first kappa shape index (κ1) is 51.3. The van der Waals surface area contributed by atoms with Crippen molar-refractivity contribution in [1.29, 1.82) is 0 Å². The molecular formula is C66H70N3OPt-. The number of hydrogen-bond acceptors (Lipinski definition) is 3. The number of fused-ring (bicyclic) bond motifs is 2. The van der Waals surface area contributed by atoms with Crippen LogP contribution >= 0.6 is 0 Å². The first-order chi connectivity index (χ1) is 33.1. The summed E-state index contributed by atoms with van der Waals surface area (Å²) in [5.41, 5.74) is 17.3. The third kappa shape index (κ3) is 10.1. The zero-order valence-corrected chi connectivity index (χ0v) is 46.5. The summed E-state index contributed by atoms with van der Waals surface area (Å²) in [6.07, 6.45) is 1.91. The van der Waals surface area contributed by atoms with E-state index in [0.717, 1.165) is 78.3 Å². The quantitative estimate of drug-likeness (QED) is 0.147. The Kier molecular flexibility index (Phi) is 14.1. The Morgan fingerprint density at radius 2 is 1.15 bits per heavy atom. The van der Waals surface area contributed by atoms with E-state index in [9.17, 15) is 5.11 Å². The largest absolute Gasteiger partial charge is 0.507 e. The van der Waals surface area contributed by atoms with Gasteiger partial charge in [0.25, 0.3) is 0 Å². The van der Waals surface area contributed by atoms with Crippen molar-refractivity contribution in [3.63, 3.8) is 0 Å². The molecule has 0 aliphatic rings. The number of imidazole rings is 1. The van der Waals surface area contributed by atoms with Crippen LogP contribution in [0.2, 0.25) is 0 Å². The van der Waals surface area contributed by atoms with Crippen LogP contribution < -0.4 is 0 Å². The zero-order valence-electron chi connectivity index (χ0n) is 44.2. The van der Waals surface area contributed by atoms with Crippen LogP contribution in [0.4, 0.5) is 0 Å². The predicted octanol–water partition coefficient (Wildman–Crippen LogP) is 18.0. The molecule has 2 heterocycles. The summed E-state index contributed by atoms with van der Waals surface area (Å²) in [4.78, 5) is 10.8. The van der Waals surface area contributed by atoms with Gasteiger partial charge in [0.2, 0.25) is 0 Å². The van der Waals surface area contributed by atoms with Gasteiger partial charge in [0, 0.05) is 38.5 Å². The van der Waals surface area contributed by atoms with Crippen LogP contribution in [-0.4, -0.2) is 19.6 Å². The van der Waals surface area contributed by atoms with Crippen LogP contribution in [0.15, 0.2) is 146 Å². The number of aromatic nitrogens is 3. The number of para-hydroxylation sites is 1. The van der Waals surface area contributed by atoms with Gasteiger partial charge >= 0.3 is 0 Å². The number of pyridine rings is 1. The molecule has 4 nitrogen and oxygen atoms in total. The van der Waals surface area contributed by atoms with E-state index in [-0.39, 0.29) is 60.8 Å². The Balaban J connectivity index is 0.00000676. The number of phenols is 1. The van der Waals surface area contributed by atoms with Crippen LogP contribution in [0, 0.1) is 6.07 Å². The van der Waals surface area contributed by atoms with E-state index >= 15 is 0 Å². The number of nitrogens with zero attached hydrogens (tertiary/aromatic N) is 3. The van der Waals surface area contributed by atoms with Crippen molar-refractivity contribution in [3.05, 3.63) is 191 Å². The average Bonchev–Trinajstić information content (AvgIpc) is 3.71. The molecule has 0 fully saturated rings. The van der Waals surface area contributed by atoms with Gasteiger partial charge < -0.3 is 5.11 Å². The summed E-state index contributed by atoms with van der Waals surface area (Å²) in [6, 6.07) is 54.5. The molecular weight excluding hydrogens is 1050 g/mol. The molecule has 0 saturated carbocycles. The molecule has 0 radical (unpaired) electrons. The molecule has 1 unspecified atom stereocenters. The Hall–Kier alpha value is -6.09. The standard InChI is InChI=1S/C66H70N3O.Pt/c1-40(2)54-36-51(64(6,7)8)37-55(41(3)4)61(54)69-59-26-20-25-53(60(59)68-63(69)56-38-52(65(9,10)11)39-57(62(56)70)66(12,13)14)49-32-48(42(5)45-28-27-44-23-18-19-24-46(44)31-45)33-50(34-49)58-35-47(29-30-67-58)43-21-16-15-17-22-43;/h15-33,35-42,70H,1-14H3;/q-1;. The van der Waals surface area contributed by atoms with Crippen LogP contribution in [0.1, 0.15) is 154 Å². The Labute approximate surface area is 437 Å². The van der Waals surface area contributed by atoms with E-state index in [1.165, 1.54) is 33.0 Å². The van der Waals surface area contributed by atoms with Crippen molar-refractivity contribution in [2.24, 2.45) is 0 Å². The molecule has 366 valence electrons. The second kappa shape index (κ2) is 19.5. The molecule has 0 bridgehead atoms. The molecule has 9 rings (SSSR count). The number of phenolic OH excluding ortho intramolecular Hbond substituents is 1. The van der Waals surface area contributed by atoms with Crippen LogP contribution in [0.5, 0.6) is 5.75 Å². The summed E-state index contributed by atoms with van der Waals surface area (Å²) in [6.45, 7) is 31.7. The number of benzene rings is 7. The SMILES string of the molecule is CC(C)c1cc(C(C)(C)C)cc(C(C)C)c1-n1c(-c2cc(C(C)(C)C)cc(C(C)(C)C)c2O)nc2c(-c3[c-]c(-c4cc(-c5ccccc5)ccn4)cc(C(C)c4ccc5ccccc5c4)c3)cccc21.[Pt]. The number of rotatable bonds is 9. The summed E-state index contributed by atoms with van der Waals surface area (Å²) in [7, 11) is 0. The molecule has 1 N–H and O–H groups in total. The summed E-state index contributed by atoms with van der Waals surface area (Å²) in [5.74, 6) is 1.45. The number of aromatic hydroxyl groups is 1. The molecule has 5 heteroatoms. The minimum absolute atomic E-state index is 0. The van der Waals surface area contributed by atoms with Crippen molar-refractivity contribution >= 4 is 21.8 Å². The van der Waals surface area contributed by atoms with Crippen LogP contribution in [0.3, 0.4) is 0 Å². The first-order valence-corrected chi connectivity index (χ1v) is 25.2. The second-order valence-electron chi connectivity index (χ2n) is 23.3. The summed E-state index contributed by atoms with van der Waals surface area (Å²) in [5, 5.41) is 15.2. The van der Waals surface area contributed by atoms with E-state index in [2.05, 4.69) is 247 Å². The van der Waals surface area contributed by atoms with Crippen molar-refractivity contribution in [1.82, 2.24) is 14.5 Å². The molecule has 0 spiro atoms. The van der Waals surface area contributed by atoms with Gasteiger partial charge in [-0.2, -0.15) is 0 Å². The molecule has 0 aliphatic carbocycles. The van der Waals surface area contributed by atoms with Crippen molar-refractivity contribution in [2.45, 2.75) is 131 Å². The van der Waals surface area contributed by atoms with E-state index in [0.29, 0.717) is 0 Å². The molecule has 0 saturated heterocycles. The fourth-order valence-electron chi connectivity index (χ4n) is 9.97. The minimum atomic E-state index is -0.331. The van der Waals surface area contributed by atoms with E-state index in [1.807, 2.05) is 6.20 Å². The fourth-order valence-corrected chi connectivity index (χ4v) is 9.97. The smallest absolute Gasteiger partial charge is 0.148 e. The molecule has 2 aromatic heterocycles. The van der Waals surface area contributed by atoms with Crippen LogP contribution in [-0.2, 0) is 37.3 Å². The van der Waals surface area contributed by atoms with Crippen molar-refractivity contribution in [2.75, 3.05) is 0 Å². The first-order valence-electron chi connectivity index (χ1n) is 25.2. The summed E-state index contributed by atoms with van der Waals surface area (Å²) < 4.78 is 2.39. The maximum Gasteiger partial charge on any atom is 0.148 e. The maximum absolute atomic E-state index is 12.7. The molecule has 1 atom stereocenters. The fraction of sp³-hybridized carbons (Fsp3) is 0.303. The molecule has 0 amide bonds. The Bertz CT molecular complexity index is 3380. The predicted molar refractivity (Wildman–Crippen MR) is 297 cm³/mol. The van der Waals surface area contributed by atoms with E-state index < -0.39 is 0 Å². The normalized spacial score (nSPS) is 12.8. The molecule has 9 aromatic rings. The molecule has 7 aromatic carbocycles. The van der Waals surface area contributed by atoms with E-state index in [4.69, 9.17) is 9.97 Å². The average molecular weight is 1120 g/mol.